The maximum atomic E-state index is 5.54. The molecule has 0 spiro atoms. The third kappa shape index (κ3) is 1.02. The van der Waals surface area contributed by atoms with E-state index in [1.165, 1.54) is 11.3 Å². The first-order chi connectivity index (χ1) is 5.27. The second kappa shape index (κ2) is 2.28. The first-order valence-electron chi connectivity index (χ1n) is 2.79. The summed E-state index contributed by atoms with van der Waals surface area (Å²) in [5, 5.41) is 0.140. The summed E-state index contributed by atoms with van der Waals surface area (Å²) in [7, 11) is 0. The number of nitrogens with two attached hydrogens (primary N) is 1. The van der Waals surface area contributed by atoms with Gasteiger partial charge in [0.15, 0.2) is 5.65 Å². The van der Waals surface area contributed by atoms with E-state index in [1.807, 2.05) is 0 Å². The van der Waals surface area contributed by atoms with Crippen molar-refractivity contribution in [2.45, 2.75) is 0 Å². The number of aromatic nitrogens is 3. The lowest BCUT2D eigenvalue weighted by Crippen LogP contribution is -1.92. The Balaban J connectivity index is 2.91. The molecule has 2 heterocycles. The molecule has 0 saturated heterocycles. The molecule has 11 heavy (non-hydrogen) atoms. The number of fused-ring (bicyclic) bond motifs is 1. The summed E-state index contributed by atoms with van der Waals surface area (Å²) in [6, 6.07) is 0. The molecular formula is C5H3ClN4S. The molecule has 2 aromatic heterocycles. The molecule has 2 aromatic rings. The number of nitrogen functional groups attached to an aromatic ring is 1. The summed E-state index contributed by atoms with van der Waals surface area (Å²) in [5.74, 6) is 0.391. The molecule has 6 heteroatoms. The largest absolute Gasteiger partial charge is 0.382 e. The summed E-state index contributed by atoms with van der Waals surface area (Å²) in [4.78, 5) is 11.6. The van der Waals surface area contributed by atoms with Gasteiger partial charge in [-0.1, -0.05) is 0 Å². The highest BCUT2D eigenvalue weighted by Crippen LogP contribution is 2.22. The van der Waals surface area contributed by atoms with E-state index in [9.17, 15) is 0 Å². The molecule has 0 aromatic carbocycles. The fraction of sp³-hybridized carbons (Fsp3) is 0. The summed E-state index contributed by atoms with van der Waals surface area (Å²) in [6.07, 6.45) is 0. The van der Waals surface area contributed by atoms with E-state index in [2.05, 4.69) is 15.0 Å². The molecule has 0 saturated carbocycles. The van der Waals surface area contributed by atoms with Crippen LogP contribution in [-0.2, 0) is 0 Å². The van der Waals surface area contributed by atoms with E-state index in [4.69, 9.17) is 17.3 Å². The number of thiazole rings is 1. The van der Waals surface area contributed by atoms with Crippen LogP contribution in [0.1, 0.15) is 0 Å². The summed E-state index contributed by atoms with van der Waals surface area (Å²) >= 11 is 6.95. The van der Waals surface area contributed by atoms with Crippen molar-refractivity contribution in [1.29, 1.82) is 0 Å². The van der Waals surface area contributed by atoms with Gasteiger partial charge in [0.05, 0.1) is 5.51 Å². The molecule has 0 aliphatic rings. The van der Waals surface area contributed by atoms with Crippen molar-refractivity contribution in [1.82, 2.24) is 15.0 Å². The second-order valence-corrected chi connectivity index (χ2v) is 3.08. The van der Waals surface area contributed by atoms with Crippen molar-refractivity contribution in [2.75, 3.05) is 5.73 Å². The zero-order valence-corrected chi connectivity index (χ0v) is 6.85. The van der Waals surface area contributed by atoms with Crippen molar-refractivity contribution in [3.63, 3.8) is 0 Å². The molecule has 56 valence electrons. The monoisotopic (exact) mass is 186 g/mol. The zero-order valence-electron chi connectivity index (χ0n) is 5.28. The lowest BCUT2D eigenvalue weighted by atomic mass is 10.6. The Morgan fingerprint density at radius 3 is 3.09 bits per heavy atom. The maximum Gasteiger partial charge on any atom is 0.226 e. The normalized spacial score (nSPS) is 10.6. The highest BCUT2D eigenvalue weighted by Gasteiger charge is 2.04. The molecule has 2 rings (SSSR count). The number of halogens is 1. The highest BCUT2D eigenvalue weighted by atomic mass is 35.5. The van der Waals surface area contributed by atoms with Crippen molar-refractivity contribution < 1.29 is 0 Å². The number of hydrogen-bond donors (Lipinski definition) is 1. The average molecular weight is 187 g/mol. The van der Waals surface area contributed by atoms with Crippen LogP contribution in [0.3, 0.4) is 0 Å². The van der Waals surface area contributed by atoms with E-state index in [0.717, 1.165) is 4.70 Å². The van der Waals surface area contributed by atoms with Crippen LogP contribution in [0.2, 0.25) is 5.28 Å². The number of rotatable bonds is 0. The van der Waals surface area contributed by atoms with Crippen molar-refractivity contribution in [2.24, 2.45) is 0 Å². The van der Waals surface area contributed by atoms with Crippen LogP contribution in [0.5, 0.6) is 0 Å². The molecule has 0 amide bonds. The molecule has 0 aliphatic carbocycles. The Labute approximate surface area is 71.1 Å². The Bertz CT molecular complexity index is 398. The van der Waals surface area contributed by atoms with Gasteiger partial charge < -0.3 is 5.73 Å². The average Bonchev–Trinajstić information content (AvgIpc) is 2.34. The lowest BCUT2D eigenvalue weighted by molar-refractivity contribution is 1.21. The Hall–Kier alpha value is -0.940. The third-order valence-electron chi connectivity index (χ3n) is 1.19. The van der Waals surface area contributed by atoms with Gasteiger partial charge >= 0.3 is 0 Å². The summed E-state index contributed by atoms with van der Waals surface area (Å²) < 4.78 is 0.786. The van der Waals surface area contributed by atoms with Gasteiger partial charge in [-0.25, -0.2) is 4.98 Å². The smallest absolute Gasteiger partial charge is 0.226 e. The van der Waals surface area contributed by atoms with E-state index in [1.54, 1.807) is 5.51 Å². The highest BCUT2D eigenvalue weighted by molar-refractivity contribution is 7.17. The Morgan fingerprint density at radius 1 is 1.45 bits per heavy atom. The van der Waals surface area contributed by atoms with Gasteiger partial charge in [0.2, 0.25) is 5.28 Å². The van der Waals surface area contributed by atoms with Crippen molar-refractivity contribution in [3.05, 3.63) is 10.8 Å². The van der Waals surface area contributed by atoms with E-state index in [0.29, 0.717) is 11.5 Å². The van der Waals surface area contributed by atoms with Gasteiger partial charge in [-0.05, 0) is 11.6 Å². The molecule has 0 unspecified atom stereocenters. The van der Waals surface area contributed by atoms with E-state index in [-0.39, 0.29) is 5.28 Å². The number of nitrogens with zero attached hydrogens (tertiary/aromatic N) is 3. The molecule has 0 aliphatic heterocycles. The molecule has 2 N–H and O–H groups in total. The number of hydrogen-bond acceptors (Lipinski definition) is 5. The van der Waals surface area contributed by atoms with Crippen LogP contribution in [0.4, 0.5) is 5.82 Å². The first kappa shape index (κ1) is 6.75. The topological polar surface area (TPSA) is 64.7 Å². The molecule has 0 atom stereocenters. The van der Waals surface area contributed by atoms with Crippen LogP contribution in [0, 0.1) is 0 Å². The molecule has 0 bridgehead atoms. The summed E-state index contributed by atoms with van der Waals surface area (Å²) in [6.45, 7) is 0. The quantitative estimate of drug-likeness (QED) is 0.631. The number of anilines is 1. The van der Waals surface area contributed by atoms with Gasteiger partial charge in [-0.2, -0.15) is 9.97 Å². The SMILES string of the molecule is Nc1nc(Cl)nc2ncsc12. The van der Waals surface area contributed by atoms with Gasteiger partial charge in [0.25, 0.3) is 0 Å². The lowest BCUT2D eigenvalue weighted by Gasteiger charge is -1.92. The third-order valence-corrected chi connectivity index (χ3v) is 2.20. The molecule has 4 nitrogen and oxygen atoms in total. The fourth-order valence-corrected chi connectivity index (χ4v) is 1.56. The van der Waals surface area contributed by atoms with Gasteiger partial charge in [0, 0.05) is 0 Å². The zero-order chi connectivity index (χ0) is 7.84. The maximum absolute atomic E-state index is 5.54. The van der Waals surface area contributed by atoms with Crippen molar-refractivity contribution in [3.8, 4) is 0 Å². The molecule has 0 radical (unpaired) electrons. The molecule has 0 fully saturated rings. The Kier molecular flexibility index (Phi) is 1.40. The van der Waals surface area contributed by atoms with Gasteiger partial charge in [-0.15, -0.1) is 11.3 Å². The summed E-state index contributed by atoms with van der Waals surface area (Å²) in [5.41, 5.74) is 7.76. The van der Waals surface area contributed by atoms with Crippen LogP contribution in [-0.4, -0.2) is 15.0 Å². The second-order valence-electron chi connectivity index (χ2n) is 1.88. The Morgan fingerprint density at radius 2 is 2.27 bits per heavy atom. The van der Waals surface area contributed by atoms with Crippen molar-refractivity contribution >= 4 is 39.1 Å². The van der Waals surface area contributed by atoms with E-state index < -0.39 is 0 Å². The van der Waals surface area contributed by atoms with Gasteiger partial charge in [-0.3, -0.25) is 0 Å². The van der Waals surface area contributed by atoms with Crippen LogP contribution in [0.15, 0.2) is 5.51 Å². The predicted molar refractivity (Wildman–Crippen MR) is 44.6 cm³/mol. The predicted octanol–water partition coefficient (Wildman–Crippen LogP) is 1.32. The van der Waals surface area contributed by atoms with Crippen LogP contribution < -0.4 is 5.73 Å². The van der Waals surface area contributed by atoms with Crippen LogP contribution >= 0.6 is 22.9 Å². The fourth-order valence-electron chi connectivity index (χ4n) is 0.757. The van der Waals surface area contributed by atoms with E-state index >= 15 is 0 Å². The standard InChI is InChI=1S/C5H3ClN4S/c6-5-9-3(7)2-4(10-5)8-1-11-2/h1H,(H2,7,9,10). The molecular weight excluding hydrogens is 184 g/mol. The minimum absolute atomic E-state index is 0.140. The minimum Gasteiger partial charge on any atom is -0.382 e. The van der Waals surface area contributed by atoms with Gasteiger partial charge in [0.1, 0.15) is 10.5 Å². The minimum atomic E-state index is 0.140. The van der Waals surface area contributed by atoms with Crippen LogP contribution in [0.25, 0.3) is 10.3 Å². The first-order valence-corrected chi connectivity index (χ1v) is 4.05.